The third-order valence-corrected chi connectivity index (χ3v) is 3.60. The van der Waals surface area contributed by atoms with Crippen molar-refractivity contribution in [2.45, 2.75) is 31.5 Å². The molecule has 21 heavy (non-hydrogen) atoms. The lowest BCUT2D eigenvalue weighted by Gasteiger charge is -2.37. The van der Waals surface area contributed by atoms with Gasteiger partial charge < -0.3 is 15.7 Å². The molecule has 4 nitrogen and oxygen atoms in total. The fraction of sp³-hybridized carbons (Fsp3) is 0.500. The number of piperidine rings is 1. The quantitative estimate of drug-likeness (QED) is 0.782. The third-order valence-electron chi connectivity index (χ3n) is 3.60. The summed E-state index contributed by atoms with van der Waals surface area (Å²) in [6.45, 7) is 2.08. The van der Waals surface area contributed by atoms with Crippen LogP contribution in [0.25, 0.3) is 0 Å². The lowest BCUT2D eigenvalue weighted by Crippen LogP contribution is -2.48. The molecule has 1 aromatic carbocycles. The molecule has 116 valence electrons. The van der Waals surface area contributed by atoms with Crippen molar-refractivity contribution in [3.05, 3.63) is 29.3 Å². The first-order valence-electron chi connectivity index (χ1n) is 6.59. The average Bonchev–Trinajstić information content (AvgIpc) is 2.35. The number of hydrogen-bond acceptors (Lipinski definition) is 3. The number of carbonyl (C=O) groups excluding carboxylic acids is 1. The first-order chi connectivity index (χ1) is 9.62. The Morgan fingerprint density at radius 2 is 2.10 bits per heavy atom. The number of halogens is 3. The Hall–Kier alpha value is -1.76. The van der Waals surface area contributed by atoms with Crippen molar-refractivity contribution in [3.63, 3.8) is 0 Å². The number of hydrogen-bond donors (Lipinski definition) is 2. The molecule has 1 fully saturated rings. The maximum Gasteiger partial charge on any atom is 0.418 e. The molecule has 0 aliphatic carbocycles. The van der Waals surface area contributed by atoms with Gasteiger partial charge in [0.25, 0.3) is 5.91 Å². The van der Waals surface area contributed by atoms with Crippen molar-refractivity contribution in [2.75, 3.05) is 18.8 Å². The molecule has 3 N–H and O–H groups in total. The number of likely N-dealkylation sites (tertiary alicyclic amines) is 1. The number of para-hydroxylation sites is 1. The van der Waals surface area contributed by atoms with E-state index in [2.05, 4.69) is 0 Å². The number of anilines is 1. The van der Waals surface area contributed by atoms with E-state index in [0.717, 1.165) is 12.1 Å². The summed E-state index contributed by atoms with van der Waals surface area (Å²) in [5.74, 6) is -0.585. The minimum atomic E-state index is -4.60. The highest BCUT2D eigenvalue weighted by Gasteiger charge is 2.36. The Bertz CT molecular complexity index is 556. The summed E-state index contributed by atoms with van der Waals surface area (Å²) in [5, 5.41) is 9.99. The molecule has 1 aromatic rings. The molecule has 1 amide bonds. The lowest BCUT2D eigenvalue weighted by molar-refractivity contribution is -0.136. The van der Waals surface area contributed by atoms with Gasteiger partial charge in [-0.25, -0.2) is 0 Å². The first kappa shape index (κ1) is 15.6. The van der Waals surface area contributed by atoms with Gasteiger partial charge >= 0.3 is 6.18 Å². The van der Waals surface area contributed by atoms with E-state index in [-0.39, 0.29) is 12.1 Å². The average molecular weight is 302 g/mol. The second kappa shape index (κ2) is 5.22. The standard InChI is InChI=1S/C14H17F3N2O2/c1-13(21)6-3-7-19(8-13)12(20)9-4-2-5-10(11(9)18)14(15,16)17/h2,4-5,21H,3,6-8,18H2,1H3. The summed E-state index contributed by atoms with van der Waals surface area (Å²) in [4.78, 5) is 13.7. The van der Waals surface area contributed by atoms with Gasteiger partial charge in [0.2, 0.25) is 0 Å². The van der Waals surface area contributed by atoms with Gasteiger partial charge in [-0.2, -0.15) is 13.2 Å². The van der Waals surface area contributed by atoms with Crippen molar-refractivity contribution in [1.82, 2.24) is 4.90 Å². The summed E-state index contributed by atoms with van der Waals surface area (Å²) in [7, 11) is 0. The molecule has 2 rings (SSSR count). The molecule has 1 saturated heterocycles. The highest BCUT2D eigenvalue weighted by molar-refractivity contribution is 6.00. The van der Waals surface area contributed by atoms with Crippen molar-refractivity contribution >= 4 is 11.6 Å². The minimum absolute atomic E-state index is 0.0848. The molecular weight excluding hydrogens is 285 g/mol. The minimum Gasteiger partial charge on any atom is -0.398 e. The Morgan fingerprint density at radius 3 is 2.67 bits per heavy atom. The van der Waals surface area contributed by atoms with Crippen LogP contribution in [-0.4, -0.2) is 34.6 Å². The SMILES string of the molecule is CC1(O)CCCN(C(=O)c2cccc(C(F)(F)F)c2N)C1. The topological polar surface area (TPSA) is 66.6 Å². The zero-order valence-corrected chi connectivity index (χ0v) is 11.6. The van der Waals surface area contributed by atoms with Crippen molar-refractivity contribution in [1.29, 1.82) is 0 Å². The molecule has 1 aliphatic heterocycles. The van der Waals surface area contributed by atoms with Crippen LogP contribution in [0.3, 0.4) is 0 Å². The number of nitrogens with two attached hydrogens (primary N) is 1. The van der Waals surface area contributed by atoms with Gasteiger partial charge in [-0.1, -0.05) is 6.07 Å². The van der Waals surface area contributed by atoms with Crippen LogP contribution in [0.4, 0.5) is 18.9 Å². The molecule has 0 aromatic heterocycles. The summed E-state index contributed by atoms with van der Waals surface area (Å²) in [6.07, 6.45) is -3.46. The van der Waals surface area contributed by atoms with Gasteiger partial charge in [0.1, 0.15) is 0 Å². The Labute approximate surface area is 120 Å². The van der Waals surface area contributed by atoms with Gasteiger partial charge in [0, 0.05) is 13.1 Å². The van der Waals surface area contributed by atoms with Crippen molar-refractivity contribution < 1.29 is 23.1 Å². The number of amides is 1. The maximum atomic E-state index is 12.8. The number of nitrogens with zero attached hydrogens (tertiary/aromatic N) is 1. The van der Waals surface area contributed by atoms with E-state index >= 15 is 0 Å². The van der Waals surface area contributed by atoms with Crippen LogP contribution in [0.5, 0.6) is 0 Å². The highest BCUT2D eigenvalue weighted by atomic mass is 19.4. The smallest absolute Gasteiger partial charge is 0.398 e. The van der Waals surface area contributed by atoms with E-state index in [1.54, 1.807) is 6.92 Å². The number of carbonyl (C=O) groups is 1. The van der Waals surface area contributed by atoms with E-state index in [4.69, 9.17) is 5.73 Å². The molecule has 0 bridgehead atoms. The van der Waals surface area contributed by atoms with Gasteiger partial charge in [0.05, 0.1) is 22.4 Å². The first-order valence-corrected chi connectivity index (χ1v) is 6.59. The largest absolute Gasteiger partial charge is 0.418 e. The molecule has 0 saturated carbocycles. The number of aliphatic hydroxyl groups is 1. The normalized spacial score (nSPS) is 23.2. The number of β-amino-alcohol motifs (C(OH)–C–C–N with tert-alkyl or cyclic N) is 1. The van der Waals surface area contributed by atoms with E-state index in [9.17, 15) is 23.1 Å². The molecule has 1 heterocycles. The van der Waals surface area contributed by atoms with Crippen LogP contribution in [0.2, 0.25) is 0 Å². The predicted octanol–water partition coefficient (Wildman–Crippen LogP) is 2.27. The second-order valence-electron chi connectivity index (χ2n) is 5.59. The van der Waals surface area contributed by atoms with E-state index < -0.39 is 28.9 Å². The Balaban J connectivity index is 2.32. The fourth-order valence-corrected chi connectivity index (χ4v) is 2.56. The zero-order valence-electron chi connectivity index (χ0n) is 11.6. The second-order valence-corrected chi connectivity index (χ2v) is 5.59. The van der Waals surface area contributed by atoms with Crippen molar-refractivity contribution in [3.8, 4) is 0 Å². The van der Waals surface area contributed by atoms with Crippen LogP contribution >= 0.6 is 0 Å². The maximum absolute atomic E-state index is 12.8. The lowest BCUT2D eigenvalue weighted by atomic mass is 9.94. The third kappa shape index (κ3) is 3.29. The van der Waals surface area contributed by atoms with E-state index in [1.807, 2.05) is 0 Å². The van der Waals surface area contributed by atoms with Gasteiger partial charge in [-0.3, -0.25) is 4.79 Å². The van der Waals surface area contributed by atoms with Gasteiger partial charge in [0.15, 0.2) is 0 Å². The summed E-state index contributed by atoms with van der Waals surface area (Å²) in [6, 6.07) is 3.28. The molecule has 1 unspecified atom stereocenters. The number of nitrogen functional groups attached to an aromatic ring is 1. The zero-order chi connectivity index (χ0) is 15.8. The predicted molar refractivity (Wildman–Crippen MR) is 71.6 cm³/mol. The molecular formula is C14H17F3N2O2. The summed E-state index contributed by atoms with van der Waals surface area (Å²) >= 11 is 0. The van der Waals surface area contributed by atoms with Crippen LogP contribution < -0.4 is 5.73 Å². The molecule has 0 radical (unpaired) electrons. The Kier molecular flexibility index (Phi) is 3.88. The Morgan fingerprint density at radius 1 is 1.43 bits per heavy atom. The van der Waals surface area contributed by atoms with Crippen LogP contribution in [0.1, 0.15) is 35.7 Å². The van der Waals surface area contributed by atoms with Crippen LogP contribution in [-0.2, 0) is 6.18 Å². The summed E-state index contributed by atoms with van der Waals surface area (Å²) < 4.78 is 38.4. The fourth-order valence-electron chi connectivity index (χ4n) is 2.56. The highest BCUT2D eigenvalue weighted by Crippen LogP contribution is 2.35. The number of alkyl halides is 3. The van der Waals surface area contributed by atoms with E-state index in [0.29, 0.717) is 19.4 Å². The number of benzene rings is 1. The van der Waals surface area contributed by atoms with Crippen LogP contribution in [0, 0.1) is 0 Å². The van der Waals surface area contributed by atoms with E-state index in [1.165, 1.54) is 11.0 Å². The van der Waals surface area contributed by atoms with Crippen molar-refractivity contribution in [2.24, 2.45) is 0 Å². The monoisotopic (exact) mass is 302 g/mol. The van der Waals surface area contributed by atoms with Gasteiger partial charge in [-0.05, 0) is 31.9 Å². The van der Waals surface area contributed by atoms with Crippen LogP contribution in [0.15, 0.2) is 18.2 Å². The molecule has 1 aliphatic rings. The molecule has 0 spiro atoms. The molecule has 7 heteroatoms. The summed E-state index contributed by atoms with van der Waals surface area (Å²) in [5.41, 5.74) is 2.73. The molecule has 1 atom stereocenters. The number of rotatable bonds is 1. The van der Waals surface area contributed by atoms with Gasteiger partial charge in [-0.15, -0.1) is 0 Å².